The van der Waals surface area contributed by atoms with E-state index in [4.69, 9.17) is 5.73 Å². The molecule has 78 valence electrons. The maximum Gasteiger partial charge on any atom is -0.00773 e. The van der Waals surface area contributed by atoms with Gasteiger partial charge in [-0.1, -0.05) is 44.3 Å². The molecule has 1 nitrogen and oxygen atoms in total. The van der Waals surface area contributed by atoms with Gasteiger partial charge in [-0.2, -0.15) is 0 Å². The molecule has 13 heavy (non-hydrogen) atoms. The first-order valence-corrected chi connectivity index (χ1v) is 5.73. The summed E-state index contributed by atoms with van der Waals surface area (Å²) in [6.45, 7) is 2.95. The predicted octanol–water partition coefficient (Wildman–Crippen LogP) is 3.64. The van der Waals surface area contributed by atoms with Crippen LogP contribution in [0.1, 0.15) is 58.3 Å². The molecule has 0 radical (unpaired) electrons. The first-order valence-electron chi connectivity index (χ1n) is 5.73. The molecule has 2 N–H and O–H groups in total. The number of rotatable bonds is 9. The molecule has 0 aliphatic rings. The van der Waals surface area contributed by atoms with Crippen LogP contribution in [-0.2, 0) is 0 Å². The van der Waals surface area contributed by atoms with Crippen molar-refractivity contribution in [3.8, 4) is 0 Å². The van der Waals surface area contributed by atoms with Gasteiger partial charge in [-0.05, 0) is 32.7 Å². The van der Waals surface area contributed by atoms with Crippen LogP contribution in [0.25, 0.3) is 0 Å². The summed E-state index contributed by atoms with van der Waals surface area (Å²) in [5.41, 5.74) is 5.42. The molecule has 0 aromatic carbocycles. The molecular formula is C12H25N. The van der Waals surface area contributed by atoms with Gasteiger partial charge in [-0.25, -0.2) is 0 Å². The van der Waals surface area contributed by atoms with Gasteiger partial charge in [0.25, 0.3) is 0 Å². The van der Waals surface area contributed by atoms with Crippen LogP contribution >= 0.6 is 0 Å². The maximum atomic E-state index is 5.42. The Balaban J connectivity index is 2.83. The molecule has 0 aliphatic carbocycles. The van der Waals surface area contributed by atoms with Crippen LogP contribution in [0.4, 0.5) is 0 Å². The van der Waals surface area contributed by atoms with Crippen LogP contribution in [0.2, 0.25) is 0 Å². The van der Waals surface area contributed by atoms with E-state index in [0.717, 1.165) is 6.54 Å². The number of nitrogens with two attached hydrogens (primary N) is 1. The van der Waals surface area contributed by atoms with E-state index in [1.165, 1.54) is 51.4 Å². The van der Waals surface area contributed by atoms with Gasteiger partial charge in [0.15, 0.2) is 0 Å². The van der Waals surface area contributed by atoms with Crippen molar-refractivity contribution in [3.63, 3.8) is 0 Å². The minimum absolute atomic E-state index is 0.862. The normalized spacial score (nSPS) is 11.2. The molecule has 0 bridgehead atoms. The summed E-state index contributed by atoms with van der Waals surface area (Å²) in [6, 6.07) is 0. The van der Waals surface area contributed by atoms with Gasteiger partial charge in [0.05, 0.1) is 0 Å². The van der Waals surface area contributed by atoms with E-state index in [0.29, 0.717) is 0 Å². The lowest BCUT2D eigenvalue weighted by atomic mass is 10.1. The van der Waals surface area contributed by atoms with Crippen molar-refractivity contribution in [2.75, 3.05) is 6.54 Å². The first kappa shape index (κ1) is 12.7. The third kappa shape index (κ3) is 11.7. The van der Waals surface area contributed by atoms with E-state index in [9.17, 15) is 0 Å². The van der Waals surface area contributed by atoms with Crippen molar-refractivity contribution in [2.45, 2.75) is 58.3 Å². The summed E-state index contributed by atoms with van der Waals surface area (Å²) in [5, 5.41) is 0. The van der Waals surface area contributed by atoms with Crippen molar-refractivity contribution >= 4 is 0 Å². The Hall–Kier alpha value is -0.300. The molecule has 0 fully saturated rings. The van der Waals surface area contributed by atoms with Crippen LogP contribution in [0, 0.1) is 0 Å². The van der Waals surface area contributed by atoms with Crippen molar-refractivity contribution in [2.24, 2.45) is 5.73 Å². The molecule has 1 heteroatoms. The second kappa shape index (κ2) is 11.7. The molecule has 0 rings (SSSR count). The van der Waals surface area contributed by atoms with E-state index >= 15 is 0 Å². The third-order valence-electron chi connectivity index (χ3n) is 2.31. The van der Waals surface area contributed by atoms with Crippen LogP contribution in [0.15, 0.2) is 12.2 Å². The lowest BCUT2D eigenvalue weighted by Gasteiger charge is -1.99. The van der Waals surface area contributed by atoms with Crippen molar-refractivity contribution in [1.29, 1.82) is 0 Å². The zero-order valence-electron chi connectivity index (χ0n) is 9.10. The highest BCUT2D eigenvalue weighted by Gasteiger charge is 1.89. The molecule has 0 amide bonds. The summed E-state index contributed by atoms with van der Waals surface area (Å²) in [5.74, 6) is 0. The van der Waals surface area contributed by atoms with E-state index in [-0.39, 0.29) is 0 Å². The number of hydrogen-bond acceptors (Lipinski definition) is 1. The average Bonchev–Trinajstić information content (AvgIpc) is 2.16. The largest absolute Gasteiger partial charge is 0.330 e. The zero-order valence-corrected chi connectivity index (χ0v) is 9.10. The summed E-state index contributed by atoms with van der Waals surface area (Å²) in [7, 11) is 0. The fourth-order valence-electron chi connectivity index (χ4n) is 1.46. The van der Waals surface area contributed by atoms with Gasteiger partial charge >= 0.3 is 0 Å². The van der Waals surface area contributed by atoms with Crippen molar-refractivity contribution in [1.82, 2.24) is 0 Å². The lowest BCUT2D eigenvalue weighted by molar-refractivity contribution is 0.584. The summed E-state index contributed by atoms with van der Waals surface area (Å²) >= 11 is 0. The van der Waals surface area contributed by atoms with Crippen LogP contribution < -0.4 is 5.73 Å². The fourth-order valence-corrected chi connectivity index (χ4v) is 1.46. The van der Waals surface area contributed by atoms with E-state index in [2.05, 4.69) is 19.1 Å². The van der Waals surface area contributed by atoms with Crippen LogP contribution in [0.3, 0.4) is 0 Å². The highest BCUT2D eigenvalue weighted by Crippen LogP contribution is 2.08. The Morgan fingerprint density at radius 3 is 1.92 bits per heavy atom. The molecular weight excluding hydrogens is 158 g/mol. The number of allylic oxidation sites excluding steroid dienone is 2. The van der Waals surface area contributed by atoms with Crippen molar-refractivity contribution < 1.29 is 0 Å². The van der Waals surface area contributed by atoms with Gasteiger partial charge in [0, 0.05) is 0 Å². The molecule has 0 heterocycles. The zero-order chi connectivity index (χ0) is 9.78. The molecule has 0 aromatic rings. The molecule has 0 atom stereocenters. The fraction of sp³-hybridized carbons (Fsp3) is 0.833. The van der Waals surface area contributed by atoms with Gasteiger partial charge in [-0.15, -0.1) is 0 Å². The Kier molecular flexibility index (Phi) is 11.4. The molecule has 0 spiro atoms. The summed E-state index contributed by atoms with van der Waals surface area (Å²) in [4.78, 5) is 0. The van der Waals surface area contributed by atoms with Gasteiger partial charge in [0.1, 0.15) is 0 Å². The Morgan fingerprint density at radius 1 is 0.846 bits per heavy atom. The quantitative estimate of drug-likeness (QED) is 0.428. The van der Waals surface area contributed by atoms with E-state index in [1.807, 2.05) is 0 Å². The number of hydrogen-bond donors (Lipinski definition) is 1. The molecule has 0 aliphatic heterocycles. The summed E-state index contributed by atoms with van der Waals surface area (Å²) < 4.78 is 0. The third-order valence-corrected chi connectivity index (χ3v) is 2.31. The van der Waals surface area contributed by atoms with Gasteiger partial charge < -0.3 is 5.73 Å². The first-order chi connectivity index (χ1) is 6.41. The van der Waals surface area contributed by atoms with E-state index < -0.39 is 0 Å². The maximum absolute atomic E-state index is 5.42. The highest BCUT2D eigenvalue weighted by atomic mass is 14.5. The van der Waals surface area contributed by atoms with Gasteiger partial charge in [0.2, 0.25) is 0 Å². The molecule has 0 saturated heterocycles. The topological polar surface area (TPSA) is 26.0 Å². The van der Waals surface area contributed by atoms with Crippen LogP contribution in [0.5, 0.6) is 0 Å². The lowest BCUT2D eigenvalue weighted by Crippen LogP contribution is -1.97. The molecule has 0 saturated carbocycles. The van der Waals surface area contributed by atoms with Crippen LogP contribution in [-0.4, -0.2) is 6.54 Å². The Bertz CT molecular complexity index is 108. The minimum Gasteiger partial charge on any atom is -0.330 e. The summed E-state index contributed by atoms with van der Waals surface area (Å²) in [6.07, 6.45) is 15.1. The SMILES string of the molecule is C/C=C\CCCCCCCCCN. The van der Waals surface area contributed by atoms with Crippen molar-refractivity contribution in [3.05, 3.63) is 12.2 Å². The molecule has 0 unspecified atom stereocenters. The second-order valence-electron chi connectivity index (χ2n) is 3.62. The van der Waals surface area contributed by atoms with E-state index in [1.54, 1.807) is 0 Å². The Labute approximate surface area is 83.4 Å². The highest BCUT2D eigenvalue weighted by molar-refractivity contribution is 4.76. The second-order valence-corrected chi connectivity index (χ2v) is 3.62. The van der Waals surface area contributed by atoms with Gasteiger partial charge in [-0.3, -0.25) is 0 Å². The minimum atomic E-state index is 0.862. The monoisotopic (exact) mass is 183 g/mol. The predicted molar refractivity (Wildman–Crippen MR) is 60.8 cm³/mol. The molecule has 0 aromatic heterocycles. The average molecular weight is 183 g/mol. The standard InChI is InChI=1S/C12H25N/c1-2-3-4-5-6-7-8-9-10-11-12-13/h2-3H,4-13H2,1H3/b3-2-. The Morgan fingerprint density at radius 2 is 1.38 bits per heavy atom. The number of unbranched alkanes of at least 4 members (excludes halogenated alkanes) is 7. The smallest absolute Gasteiger partial charge is 0.00773 e.